The van der Waals surface area contributed by atoms with Crippen LogP contribution in [-0.4, -0.2) is 23.0 Å². The van der Waals surface area contributed by atoms with E-state index in [9.17, 15) is 9.59 Å². The van der Waals surface area contributed by atoms with Gasteiger partial charge in [-0.25, -0.2) is 5.43 Å². The van der Waals surface area contributed by atoms with Crippen LogP contribution in [0.2, 0.25) is 5.02 Å². The van der Waals surface area contributed by atoms with Crippen LogP contribution < -0.4 is 10.7 Å². The number of nitrogens with one attached hydrogen (secondary N) is 2. The van der Waals surface area contributed by atoms with Crippen molar-refractivity contribution in [1.82, 2.24) is 10.4 Å². The van der Waals surface area contributed by atoms with Crippen LogP contribution in [-0.2, 0) is 9.59 Å². The Hall–Kier alpha value is -2.73. The predicted molar refractivity (Wildman–Crippen MR) is 80.1 cm³/mol. The molecule has 0 aliphatic carbocycles. The van der Waals surface area contributed by atoms with Crippen LogP contribution in [0.3, 0.4) is 0 Å². The molecule has 0 bridgehead atoms. The molecular formula is C14H11ClN4O2. The Kier molecular flexibility index (Phi) is 5.00. The maximum Gasteiger partial charge on any atom is 0.329 e. The van der Waals surface area contributed by atoms with Crippen molar-refractivity contribution in [1.29, 1.82) is 0 Å². The average Bonchev–Trinajstić information content (AvgIpc) is 2.48. The van der Waals surface area contributed by atoms with Crippen molar-refractivity contribution in [3.63, 3.8) is 0 Å². The van der Waals surface area contributed by atoms with E-state index >= 15 is 0 Å². The molecule has 2 rings (SSSR count). The molecule has 21 heavy (non-hydrogen) atoms. The largest absolute Gasteiger partial charge is 0.329 e. The highest BCUT2D eigenvalue weighted by molar-refractivity contribution is 6.39. The summed E-state index contributed by atoms with van der Waals surface area (Å²) in [4.78, 5) is 27.0. The van der Waals surface area contributed by atoms with E-state index in [4.69, 9.17) is 11.6 Å². The summed E-state index contributed by atoms with van der Waals surface area (Å²) in [5.41, 5.74) is 3.31. The van der Waals surface area contributed by atoms with Gasteiger partial charge in [0.1, 0.15) is 0 Å². The number of anilines is 1. The SMILES string of the molecule is O=C(NN=Cc1ccncc1)C(=O)Nc1cccc(Cl)c1. The lowest BCUT2D eigenvalue weighted by Crippen LogP contribution is -2.32. The first-order valence-electron chi connectivity index (χ1n) is 5.95. The van der Waals surface area contributed by atoms with E-state index in [0.29, 0.717) is 10.7 Å². The number of hydrogen-bond donors (Lipinski definition) is 2. The van der Waals surface area contributed by atoms with Crippen molar-refractivity contribution in [2.75, 3.05) is 5.32 Å². The molecule has 0 saturated heterocycles. The third kappa shape index (κ3) is 4.70. The summed E-state index contributed by atoms with van der Waals surface area (Å²) in [6, 6.07) is 9.90. The summed E-state index contributed by atoms with van der Waals surface area (Å²) in [7, 11) is 0. The number of halogens is 1. The lowest BCUT2D eigenvalue weighted by molar-refractivity contribution is -0.136. The van der Waals surface area contributed by atoms with Crippen molar-refractivity contribution in [3.8, 4) is 0 Å². The Balaban J connectivity index is 1.88. The van der Waals surface area contributed by atoms with Gasteiger partial charge < -0.3 is 5.32 Å². The standard InChI is InChI=1S/C14H11ClN4O2/c15-11-2-1-3-12(8-11)18-13(20)14(21)19-17-9-10-4-6-16-7-5-10/h1-9H,(H,18,20)(H,19,21). The van der Waals surface area contributed by atoms with E-state index in [2.05, 4.69) is 20.8 Å². The topological polar surface area (TPSA) is 83.5 Å². The zero-order chi connectivity index (χ0) is 15.1. The molecule has 7 heteroatoms. The predicted octanol–water partition coefficient (Wildman–Crippen LogP) is 1.82. The Morgan fingerprint density at radius 1 is 1.14 bits per heavy atom. The zero-order valence-corrected chi connectivity index (χ0v) is 11.5. The average molecular weight is 303 g/mol. The summed E-state index contributed by atoms with van der Waals surface area (Å²) in [6.45, 7) is 0. The van der Waals surface area contributed by atoms with Crippen molar-refractivity contribution < 1.29 is 9.59 Å². The number of amides is 2. The molecule has 0 radical (unpaired) electrons. The fourth-order valence-electron chi connectivity index (χ4n) is 1.42. The summed E-state index contributed by atoms with van der Waals surface area (Å²) in [6.07, 6.45) is 4.59. The lowest BCUT2D eigenvalue weighted by atomic mass is 10.3. The second kappa shape index (κ2) is 7.16. The van der Waals surface area contributed by atoms with E-state index in [0.717, 1.165) is 5.56 Å². The summed E-state index contributed by atoms with van der Waals surface area (Å²) >= 11 is 5.78. The smallest absolute Gasteiger partial charge is 0.318 e. The van der Waals surface area contributed by atoms with Crippen LogP contribution in [0, 0.1) is 0 Å². The number of carbonyl (C=O) groups excluding carboxylic acids is 2. The minimum atomic E-state index is -0.875. The molecule has 0 aliphatic rings. The maximum atomic E-state index is 11.6. The number of pyridine rings is 1. The number of hydrogen-bond acceptors (Lipinski definition) is 4. The molecule has 106 valence electrons. The number of benzene rings is 1. The number of rotatable bonds is 3. The Morgan fingerprint density at radius 3 is 2.62 bits per heavy atom. The van der Waals surface area contributed by atoms with Crippen molar-refractivity contribution >= 4 is 35.3 Å². The monoisotopic (exact) mass is 302 g/mol. The minimum absolute atomic E-state index is 0.431. The lowest BCUT2D eigenvalue weighted by Gasteiger charge is -2.03. The quantitative estimate of drug-likeness (QED) is 0.515. The summed E-state index contributed by atoms with van der Waals surface area (Å²) < 4.78 is 0. The molecule has 0 spiro atoms. The summed E-state index contributed by atoms with van der Waals surface area (Å²) in [5.74, 6) is -1.70. The Morgan fingerprint density at radius 2 is 1.90 bits per heavy atom. The van der Waals surface area contributed by atoms with Gasteiger partial charge in [-0.15, -0.1) is 0 Å². The third-order valence-corrected chi connectivity index (χ3v) is 2.61. The maximum absolute atomic E-state index is 11.6. The first kappa shape index (κ1) is 14.7. The molecule has 2 aromatic rings. The molecule has 2 N–H and O–H groups in total. The van der Waals surface area contributed by atoms with Crippen LogP contribution in [0.1, 0.15) is 5.56 Å². The fourth-order valence-corrected chi connectivity index (χ4v) is 1.61. The van der Waals surface area contributed by atoms with Crippen molar-refractivity contribution in [3.05, 3.63) is 59.4 Å². The summed E-state index contributed by atoms with van der Waals surface area (Å²) in [5, 5.41) is 6.56. The highest BCUT2D eigenvalue weighted by Crippen LogP contribution is 2.14. The van der Waals surface area contributed by atoms with E-state index in [1.165, 1.54) is 12.3 Å². The second-order valence-electron chi connectivity index (χ2n) is 3.94. The molecule has 1 heterocycles. The van der Waals surface area contributed by atoms with Gasteiger partial charge in [0.2, 0.25) is 0 Å². The molecule has 6 nitrogen and oxygen atoms in total. The first-order chi connectivity index (χ1) is 10.1. The van der Waals surface area contributed by atoms with E-state index in [1.54, 1.807) is 42.7 Å². The van der Waals surface area contributed by atoms with Gasteiger partial charge >= 0.3 is 11.8 Å². The number of carbonyl (C=O) groups is 2. The molecule has 0 saturated carbocycles. The molecule has 0 atom stereocenters. The van der Waals surface area contributed by atoms with Gasteiger partial charge in [0, 0.05) is 23.1 Å². The van der Waals surface area contributed by atoms with Crippen LogP contribution in [0.4, 0.5) is 5.69 Å². The molecule has 0 aliphatic heterocycles. The first-order valence-corrected chi connectivity index (χ1v) is 6.33. The molecule has 2 amide bonds. The van der Waals surface area contributed by atoms with Gasteiger partial charge in [-0.05, 0) is 35.9 Å². The Bertz CT molecular complexity index is 674. The number of nitrogens with zero attached hydrogens (tertiary/aromatic N) is 2. The number of aromatic nitrogens is 1. The van der Waals surface area contributed by atoms with Gasteiger partial charge in [-0.1, -0.05) is 17.7 Å². The van der Waals surface area contributed by atoms with Crippen LogP contribution in [0.15, 0.2) is 53.9 Å². The highest BCUT2D eigenvalue weighted by Gasteiger charge is 2.12. The molecule has 0 unspecified atom stereocenters. The molecule has 0 fully saturated rings. The van der Waals surface area contributed by atoms with Gasteiger partial charge in [0.05, 0.1) is 6.21 Å². The second-order valence-corrected chi connectivity index (χ2v) is 4.38. The van der Waals surface area contributed by atoms with Gasteiger partial charge in [0.15, 0.2) is 0 Å². The highest BCUT2D eigenvalue weighted by atomic mass is 35.5. The van der Waals surface area contributed by atoms with Gasteiger partial charge in [-0.3, -0.25) is 14.6 Å². The van der Waals surface area contributed by atoms with Crippen LogP contribution in [0.25, 0.3) is 0 Å². The van der Waals surface area contributed by atoms with Gasteiger partial charge in [-0.2, -0.15) is 5.10 Å². The van der Waals surface area contributed by atoms with Crippen molar-refractivity contribution in [2.45, 2.75) is 0 Å². The van der Waals surface area contributed by atoms with Gasteiger partial charge in [0.25, 0.3) is 0 Å². The minimum Gasteiger partial charge on any atom is -0.318 e. The van der Waals surface area contributed by atoms with Crippen LogP contribution in [0.5, 0.6) is 0 Å². The molecular weight excluding hydrogens is 292 g/mol. The van der Waals surface area contributed by atoms with Crippen LogP contribution >= 0.6 is 11.6 Å². The molecule has 1 aromatic carbocycles. The van der Waals surface area contributed by atoms with E-state index < -0.39 is 11.8 Å². The Labute approximate surface area is 125 Å². The molecule has 1 aromatic heterocycles. The normalized spacial score (nSPS) is 10.3. The number of hydrazone groups is 1. The van der Waals surface area contributed by atoms with Crippen molar-refractivity contribution in [2.24, 2.45) is 5.10 Å². The van der Waals surface area contributed by atoms with E-state index in [-0.39, 0.29) is 0 Å². The zero-order valence-electron chi connectivity index (χ0n) is 10.8. The fraction of sp³-hybridized carbons (Fsp3) is 0. The third-order valence-electron chi connectivity index (χ3n) is 2.37. The van der Waals surface area contributed by atoms with E-state index in [1.807, 2.05) is 0 Å².